The summed E-state index contributed by atoms with van der Waals surface area (Å²) < 4.78 is 0. The molecule has 0 saturated carbocycles. The van der Waals surface area contributed by atoms with Crippen molar-refractivity contribution in [2.75, 3.05) is 0 Å². The molecule has 0 aromatic carbocycles. The molecule has 0 atom stereocenters. The first-order valence-corrected chi connectivity index (χ1v) is 14.3. The van der Waals surface area contributed by atoms with E-state index in [4.69, 9.17) is 0 Å². The standard InChI is InChI=1S/C32H42O2S2/c1-29(2,3)19-13-21(35-25(15-19)31(7,8)9)17-23-27(33)24(28(23)34)18-22-14-20(30(4,5)6)16-26(36-22)32(10,11)12/h13-18H,1-12H3. The van der Waals surface area contributed by atoms with Gasteiger partial charge in [0.25, 0.3) is 0 Å². The van der Waals surface area contributed by atoms with Crippen LogP contribution in [-0.4, -0.2) is 5.78 Å². The third kappa shape index (κ3) is 6.31. The summed E-state index contributed by atoms with van der Waals surface area (Å²) in [6.45, 7) is 26.3. The van der Waals surface area contributed by atoms with Gasteiger partial charge in [-0.3, -0.25) is 4.79 Å². The van der Waals surface area contributed by atoms with Crippen LogP contribution < -0.4 is 5.11 Å². The van der Waals surface area contributed by atoms with Gasteiger partial charge in [-0.25, -0.2) is 0 Å². The molecule has 194 valence electrons. The molecule has 0 fully saturated rings. The van der Waals surface area contributed by atoms with Gasteiger partial charge in [0.05, 0.1) is 0 Å². The maximum absolute atomic E-state index is 13.2. The van der Waals surface area contributed by atoms with Crippen molar-refractivity contribution >= 4 is 35.0 Å². The molecule has 2 heterocycles. The first kappa shape index (κ1) is 28.7. The van der Waals surface area contributed by atoms with Crippen LogP contribution in [0.4, 0.5) is 0 Å². The van der Waals surface area contributed by atoms with Gasteiger partial charge in [0.15, 0.2) is 5.78 Å². The molecule has 0 amide bonds. The Morgan fingerprint density at radius 2 is 1.39 bits per heavy atom. The number of allylic oxidation sites excluding steroid dienone is 7. The first-order valence-electron chi connectivity index (χ1n) is 12.7. The molecule has 3 rings (SSSR count). The van der Waals surface area contributed by atoms with Crippen LogP contribution >= 0.6 is 23.1 Å². The van der Waals surface area contributed by atoms with E-state index in [0.717, 1.165) is 9.78 Å². The van der Waals surface area contributed by atoms with Crippen molar-refractivity contribution in [1.82, 2.24) is 0 Å². The SMILES string of the molecule is CC(C)(C)C1=C/C(=C/C2=C([O-])C(=C/c3cc(C(C)(C)C)cc(C(C)(C)C)[s+]3)/C2=O)SC(C(C)(C)C)=C1. The first-order chi connectivity index (χ1) is 16.2. The summed E-state index contributed by atoms with van der Waals surface area (Å²) in [5.74, 6) is -0.312. The van der Waals surface area contributed by atoms with Gasteiger partial charge in [0.2, 0.25) is 21.1 Å². The topological polar surface area (TPSA) is 40.1 Å². The Labute approximate surface area is 227 Å². The van der Waals surface area contributed by atoms with Gasteiger partial charge in [0.1, 0.15) is 0 Å². The van der Waals surface area contributed by atoms with E-state index in [0.29, 0.717) is 0 Å². The van der Waals surface area contributed by atoms with Crippen LogP contribution in [0.3, 0.4) is 0 Å². The van der Waals surface area contributed by atoms with E-state index in [9.17, 15) is 9.90 Å². The molecule has 0 saturated heterocycles. The largest absolute Gasteiger partial charge is 0.871 e. The van der Waals surface area contributed by atoms with Crippen molar-refractivity contribution in [3.8, 4) is 0 Å². The fourth-order valence-electron chi connectivity index (χ4n) is 3.77. The second kappa shape index (κ2) is 9.44. The summed E-state index contributed by atoms with van der Waals surface area (Å²) >= 11 is 3.32. The Morgan fingerprint density at radius 1 is 0.778 bits per heavy atom. The summed E-state index contributed by atoms with van der Waals surface area (Å²) in [7, 11) is 0. The van der Waals surface area contributed by atoms with E-state index in [1.165, 1.54) is 20.9 Å². The quantitative estimate of drug-likeness (QED) is 0.288. The molecule has 2 aliphatic rings. The highest BCUT2D eigenvalue weighted by atomic mass is 32.2. The van der Waals surface area contributed by atoms with E-state index in [1.807, 2.05) is 0 Å². The highest BCUT2D eigenvalue weighted by molar-refractivity contribution is 8.07. The minimum absolute atomic E-state index is 0.0118. The minimum Gasteiger partial charge on any atom is -0.871 e. The molecule has 0 bridgehead atoms. The van der Waals surface area contributed by atoms with Crippen LogP contribution in [0.25, 0.3) is 6.08 Å². The average molecular weight is 523 g/mol. The summed E-state index contributed by atoms with van der Waals surface area (Å²) in [6.07, 6.45) is 7.98. The molecular formula is C32H42O2S2. The number of carbonyl (C=O) groups excluding carboxylic acids is 1. The molecule has 2 nitrogen and oxygen atoms in total. The summed E-state index contributed by atoms with van der Waals surface area (Å²) in [4.78, 5) is 17.6. The fraction of sp³-hybridized carbons (Fsp3) is 0.500. The van der Waals surface area contributed by atoms with E-state index < -0.39 is 0 Å². The van der Waals surface area contributed by atoms with Gasteiger partial charge in [0, 0.05) is 39.7 Å². The van der Waals surface area contributed by atoms with Gasteiger partial charge < -0.3 is 5.11 Å². The number of hydrogen-bond acceptors (Lipinski definition) is 3. The number of hydrogen-bond donors (Lipinski definition) is 0. The van der Waals surface area contributed by atoms with Crippen LogP contribution in [0.15, 0.2) is 62.6 Å². The zero-order chi connectivity index (χ0) is 27.4. The minimum atomic E-state index is -0.156. The Bertz CT molecular complexity index is 1210. The zero-order valence-electron chi connectivity index (χ0n) is 24.1. The molecule has 1 aliphatic heterocycles. The number of rotatable bonds is 2. The lowest BCUT2D eigenvalue weighted by Crippen LogP contribution is -2.29. The van der Waals surface area contributed by atoms with Crippen LogP contribution in [0.1, 0.15) is 98.4 Å². The monoisotopic (exact) mass is 522 g/mol. The lowest BCUT2D eigenvalue weighted by molar-refractivity contribution is -0.300. The predicted octanol–water partition coefficient (Wildman–Crippen LogP) is 8.74. The lowest BCUT2D eigenvalue weighted by atomic mass is 9.83. The van der Waals surface area contributed by atoms with E-state index in [-0.39, 0.29) is 44.3 Å². The Hall–Kier alpha value is -1.91. The van der Waals surface area contributed by atoms with Gasteiger partial charge >= 0.3 is 0 Å². The molecule has 36 heavy (non-hydrogen) atoms. The molecular weight excluding hydrogens is 480 g/mol. The number of ketones is 1. The molecule has 0 radical (unpaired) electrons. The second-order valence-electron chi connectivity index (χ2n) is 14.0. The predicted molar refractivity (Wildman–Crippen MR) is 157 cm³/mol. The summed E-state index contributed by atoms with van der Waals surface area (Å²) in [5, 5.41) is 13.2. The number of carbonyl (C=O) groups is 1. The highest BCUT2D eigenvalue weighted by Gasteiger charge is 2.32. The van der Waals surface area contributed by atoms with Crippen LogP contribution in [0.5, 0.6) is 0 Å². The third-order valence-electron chi connectivity index (χ3n) is 6.39. The molecule has 1 aliphatic carbocycles. The van der Waals surface area contributed by atoms with Crippen molar-refractivity contribution in [2.45, 2.75) is 93.9 Å². The van der Waals surface area contributed by atoms with Crippen LogP contribution in [-0.2, 0) is 15.6 Å². The van der Waals surface area contributed by atoms with E-state index in [2.05, 4.69) is 107 Å². The van der Waals surface area contributed by atoms with Crippen molar-refractivity contribution in [2.24, 2.45) is 10.8 Å². The summed E-state index contributed by atoms with van der Waals surface area (Å²) in [6, 6.07) is 4.39. The summed E-state index contributed by atoms with van der Waals surface area (Å²) in [5.41, 5.74) is 2.93. The third-order valence-corrected chi connectivity index (χ3v) is 9.23. The maximum Gasteiger partial charge on any atom is 0.232 e. The van der Waals surface area contributed by atoms with E-state index in [1.54, 1.807) is 35.3 Å². The highest BCUT2D eigenvalue weighted by Crippen LogP contribution is 2.47. The van der Waals surface area contributed by atoms with Crippen molar-refractivity contribution in [3.63, 3.8) is 0 Å². The van der Waals surface area contributed by atoms with Crippen molar-refractivity contribution < 1.29 is 9.90 Å². The molecule has 4 heteroatoms. The van der Waals surface area contributed by atoms with Gasteiger partial charge in [-0.15, -0.1) is 0 Å². The maximum atomic E-state index is 13.2. The number of Topliss-reactive ketones (excluding diaryl/α,β-unsaturated/α-hetero) is 1. The molecule has 1 aromatic heterocycles. The molecule has 0 spiro atoms. The number of thioether (sulfide) groups is 1. The fourth-order valence-corrected chi connectivity index (χ4v) is 5.99. The van der Waals surface area contributed by atoms with E-state index >= 15 is 0 Å². The second-order valence-corrected chi connectivity index (χ2v) is 16.2. The molecule has 0 N–H and O–H groups in total. The normalized spacial score (nSPS) is 20.1. The van der Waals surface area contributed by atoms with Gasteiger partial charge in [-0.1, -0.05) is 101 Å². The van der Waals surface area contributed by atoms with Crippen LogP contribution in [0, 0.1) is 10.8 Å². The Morgan fingerprint density at radius 3 is 1.86 bits per heavy atom. The molecule has 0 unspecified atom stereocenters. The molecule has 1 aromatic rings. The Kier molecular flexibility index (Phi) is 7.51. The van der Waals surface area contributed by atoms with Crippen molar-refractivity contribution in [3.05, 3.63) is 78.0 Å². The van der Waals surface area contributed by atoms with Gasteiger partial charge in [-0.2, -0.15) is 0 Å². The van der Waals surface area contributed by atoms with Gasteiger partial charge in [-0.05, 0) is 50.5 Å². The van der Waals surface area contributed by atoms with Crippen LogP contribution in [0.2, 0.25) is 0 Å². The average Bonchev–Trinajstić information content (AvgIpc) is 2.72. The zero-order valence-corrected chi connectivity index (χ0v) is 25.7. The smallest absolute Gasteiger partial charge is 0.232 e. The Balaban J connectivity index is 2.04. The lowest BCUT2D eigenvalue weighted by Gasteiger charge is -2.32. The van der Waals surface area contributed by atoms with Crippen molar-refractivity contribution in [1.29, 1.82) is 0 Å².